The van der Waals surface area contributed by atoms with Crippen LogP contribution in [-0.2, 0) is 9.59 Å². The molecule has 0 saturated carbocycles. The van der Waals surface area contributed by atoms with E-state index in [0.717, 1.165) is 38.5 Å². The van der Waals surface area contributed by atoms with Crippen LogP contribution < -0.4 is 0 Å². The molecule has 0 N–H and O–H groups in total. The van der Waals surface area contributed by atoms with Crippen molar-refractivity contribution in [1.29, 1.82) is 0 Å². The highest BCUT2D eigenvalue weighted by Crippen LogP contribution is 2.32. The molecule has 0 saturated heterocycles. The molecule has 5 heteroatoms. The van der Waals surface area contributed by atoms with Crippen LogP contribution in [0.3, 0.4) is 0 Å². The second-order valence-electron chi connectivity index (χ2n) is 7.90. The monoisotopic (exact) mass is 386 g/mol. The number of ketones is 2. The minimum absolute atomic E-state index is 0.0101. The van der Waals surface area contributed by atoms with Crippen LogP contribution in [0.15, 0.2) is 22.3 Å². The van der Waals surface area contributed by atoms with Gasteiger partial charge in [0.05, 0.1) is 0 Å². The Morgan fingerprint density at radius 2 is 1.19 bits per heavy atom. The number of hydrogen-bond donors (Lipinski definition) is 0. The Bertz CT molecular complexity index is 595. The number of unbranched alkanes of at least 4 members (excludes halogenated alkanes) is 7. The molecule has 0 heterocycles. The van der Waals surface area contributed by atoms with Gasteiger partial charge in [-0.1, -0.05) is 52.4 Å². The molecule has 1 rings (SSSR count). The molecule has 154 valence electrons. The lowest BCUT2D eigenvalue weighted by molar-refractivity contribution is -0.135. The molecular weight excluding hydrogens is 353 g/mol. The fourth-order valence-electron chi connectivity index (χ4n) is 3.58. The predicted octanol–water partition coefficient (Wildman–Crippen LogP) is 6.89. The van der Waals surface area contributed by atoms with Gasteiger partial charge in [0, 0.05) is 28.7 Å². The topological polar surface area (TPSA) is 34.1 Å². The van der Waals surface area contributed by atoms with E-state index in [4.69, 9.17) is 0 Å². The Hall–Kier alpha value is -1.39. The quantitative estimate of drug-likeness (QED) is 0.286. The van der Waals surface area contributed by atoms with Gasteiger partial charge in [0.1, 0.15) is 0 Å². The lowest BCUT2D eigenvalue weighted by Gasteiger charge is -2.23. The van der Waals surface area contributed by atoms with Crippen LogP contribution in [0.25, 0.3) is 0 Å². The van der Waals surface area contributed by atoms with E-state index in [9.17, 15) is 22.8 Å². The van der Waals surface area contributed by atoms with Gasteiger partial charge in [-0.2, -0.15) is 13.2 Å². The van der Waals surface area contributed by atoms with Crippen LogP contribution in [0, 0.1) is 5.92 Å². The molecule has 0 amide bonds. The first-order valence-electron chi connectivity index (χ1n) is 10.1. The van der Waals surface area contributed by atoms with Gasteiger partial charge >= 0.3 is 6.18 Å². The number of carbonyl (C=O) groups is 2. The third-order valence-electron chi connectivity index (χ3n) is 5.30. The van der Waals surface area contributed by atoms with Gasteiger partial charge in [0.15, 0.2) is 11.6 Å². The smallest absolute Gasteiger partial charge is 0.289 e. The van der Waals surface area contributed by atoms with Crippen molar-refractivity contribution >= 4 is 11.6 Å². The van der Waals surface area contributed by atoms with Crippen molar-refractivity contribution in [3.05, 3.63) is 22.3 Å². The molecule has 1 aliphatic carbocycles. The zero-order valence-corrected chi connectivity index (χ0v) is 17.1. The highest BCUT2D eigenvalue weighted by Gasteiger charge is 2.31. The van der Waals surface area contributed by atoms with E-state index in [1.807, 2.05) is 13.8 Å². The van der Waals surface area contributed by atoms with Gasteiger partial charge in [-0.05, 0) is 39.0 Å². The highest BCUT2D eigenvalue weighted by atomic mass is 19.4. The summed E-state index contributed by atoms with van der Waals surface area (Å²) < 4.78 is 36.1. The molecule has 0 aliphatic heterocycles. The number of carbonyl (C=O) groups excluding carboxylic acids is 2. The molecule has 0 spiro atoms. The third-order valence-corrected chi connectivity index (χ3v) is 5.30. The van der Waals surface area contributed by atoms with Crippen LogP contribution >= 0.6 is 0 Å². The van der Waals surface area contributed by atoms with Gasteiger partial charge in [0.2, 0.25) is 0 Å². The number of halogens is 3. The number of alkyl halides is 3. The standard InChI is InChI=1S/C22H33F3O2/c1-15(2)19-18(20(26)16(3)17(4)21(19)27)13-11-9-7-5-6-8-10-12-14-22(23,24)25/h15H,5-14H2,1-4H3. The molecule has 0 aromatic rings. The molecule has 0 fully saturated rings. The van der Waals surface area contributed by atoms with Gasteiger partial charge in [-0.15, -0.1) is 0 Å². The normalized spacial score (nSPS) is 16.1. The van der Waals surface area contributed by atoms with E-state index >= 15 is 0 Å². The first-order valence-corrected chi connectivity index (χ1v) is 10.1. The zero-order chi connectivity index (χ0) is 20.6. The molecule has 0 bridgehead atoms. The lowest BCUT2D eigenvalue weighted by Crippen LogP contribution is -2.24. The first kappa shape index (κ1) is 23.6. The number of rotatable bonds is 11. The fourth-order valence-corrected chi connectivity index (χ4v) is 3.58. The van der Waals surface area contributed by atoms with Crippen molar-refractivity contribution in [3.8, 4) is 0 Å². The summed E-state index contributed by atoms with van der Waals surface area (Å²) in [4.78, 5) is 25.1. The molecule has 1 aliphatic rings. The summed E-state index contributed by atoms with van der Waals surface area (Å²) in [5.41, 5.74) is 2.49. The lowest BCUT2D eigenvalue weighted by atomic mass is 9.79. The number of hydrogen-bond acceptors (Lipinski definition) is 2. The van der Waals surface area contributed by atoms with Crippen molar-refractivity contribution < 1.29 is 22.8 Å². The van der Waals surface area contributed by atoms with E-state index in [-0.39, 0.29) is 23.9 Å². The van der Waals surface area contributed by atoms with Crippen LogP contribution in [0.1, 0.15) is 91.9 Å². The van der Waals surface area contributed by atoms with Crippen LogP contribution in [-0.4, -0.2) is 17.7 Å². The van der Waals surface area contributed by atoms with Crippen LogP contribution in [0.2, 0.25) is 0 Å². The molecule has 0 aromatic heterocycles. The van der Waals surface area contributed by atoms with Crippen molar-refractivity contribution in [2.75, 3.05) is 0 Å². The van der Waals surface area contributed by atoms with E-state index in [1.54, 1.807) is 13.8 Å². The van der Waals surface area contributed by atoms with E-state index in [0.29, 0.717) is 35.1 Å². The number of Topliss-reactive ketones (excluding diaryl/α,β-unsaturated/α-hetero) is 2. The van der Waals surface area contributed by atoms with Crippen LogP contribution in [0.4, 0.5) is 13.2 Å². The van der Waals surface area contributed by atoms with E-state index in [1.165, 1.54) is 0 Å². The van der Waals surface area contributed by atoms with E-state index < -0.39 is 12.6 Å². The Balaban J connectivity index is 2.32. The highest BCUT2D eigenvalue weighted by molar-refractivity contribution is 6.24. The molecule has 2 nitrogen and oxygen atoms in total. The van der Waals surface area contributed by atoms with Crippen molar-refractivity contribution in [1.82, 2.24) is 0 Å². The summed E-state index contributed by atoms with van der Waals surface area (Å²) in [5, 5.41) is 0. The van der Waals surface area contributed by atoms with Crippen molar-refractivity contribution in [3.63, 3.8) is 0 Å². The van der Waals surface area contributed by atoms with E-state index in [2.05, 4.69) is 0 Å². The summed E-state index contributed by atoms with van der Waals surface area (Å²) in [5.74, 6) is 0.0626. The molecule has 0 atom stereocenters. The first-order chi connectivity index (χ1) is 12.6. The van der Waals surface area contributed by atoms with Gasteiger partial charge in [0.25, 0.3) is 0 Å². The second kappa shape index (κ2) is 10.8. The second-order valence-corrected chi connectivity index (χ2v) is 7.90. The maximum absolute atomic E-state index is 12.6. The van der Waals surface area contributed by atoms with Crippen molar-refractivity contribution in [2.45, 2.75) is 98.1 Å². The average Bonchev–Trinajstić information content (AvgIpc) is 2.57. The minimum Gasteiger partial charge on any atom is -0.289 e. The average molecular weight is 386 g/mol. The van der Waals surface area contributed by atoms with Crippen LogP contribution in [0.5, 0.6) is 0 Å². The summed E-state index contributed by atoms with van der Waals surface area (Å²) in [7, 11) is 0. The molecule has 27 heavy (non-hydrogen) atoms. The zero-order valence-electron chi connectivity index (χ0n) is 17.1. The maximum Gasteiger partial charge on any atom is 0.389 e. The molecule has 0 unspecified atom stereocenters. The maximum atomic E-state index is 12.6. The Labute approximate surface area is 161 Å². The number of allylic oxidation sites excluding steroid dienone is 4. The Morgan fingerprint density at radius 3 is 1.67 bits per heavy atom. The molecule has 0 radical (unpaired) electrons. The third kappa shape index (κ3) is 7.63. The fraction of sp³-hybridized carbons (Fsp3) is 0.727. The summed E-state index contributed by atoms with van der Waals surface area (Å²) in [6, 6.07) is 0. The summed E-state index contributed by atoms with van der Waals surface area (Å²) in [6.07, 6.45) is 2.43. The molecular formula is C22H33F3O2. The predicted molar refractivity (Wildman–Crippen MR) is 102 cm³/mol. The molecule has 0 aromatic carbocycles. The Kier molecular flexibility index (Phi) is 9.48. The summed E-state index contributed by atoms with van der Waals surface area (Å²) >= 11 is 0. The Morgan fingerprint density at radius 1 is 0.741 bits per heavy atom. The van der Waals surface area contributed by atoms with Gasteiger partial charge in [-0.3, -0.25) is 9.59 Å². The van der Waals surface area contributed by atoms with Gasteiger partial charge in [-0.25, -0.2) is 0 Å². The largest absolute Gasteiger partial charge is 0.389 e. The van der Waals surface area contributed by atoms with Crippen molar-refractivity contribution in [2.24, 2.45) is 5.92 Å². The minimum atomic E-state index is -4.03. The SMILES string of the molecule is CC1=C(C)C(=O)C(C(C)C)=C(CCCCCCCCCCC(F)(F)F)C1=O. The van der Waals surface area contributed by atoms with Gasteiger partial charge < -0.3 is 0 Å². The summed E-state index contributed by atoms with van der Waals surface area (Å²) in [6.45, 7) is 7.36.